The average Bonchev–Trinajstić information content (AvgIpc) is 3.33. The van der Waals surface area contributed by atoms with Crippen molar-refractivity contribution in [1.29, 1.82) is 0 Å². The zero-order chi connectivity index (χ0) is 18.8. The van der Waals surface area contributed by atoms with Gasteiger partial charge in [-0.1, -0.05) is 37.3 Å². The molecule has 0 spiro atoms. The van der Waals surface area contributed by atoms with Crippen molar-refractivity contribution in [3.05, 3.63) is 59.6 Å². The first-order valence-corrected chi connectivity index (χ1v) is 9.34. The summed E-state index contributed by atoms with van der Waals surface area (Å²) in [5.41, 5.74) is 2.07. The smallest absolute Gasteiger partial charge is 0.276 e. The number of oxazole rings is 1. The van der Waals surface area contributed by atoms with E-state index in [1.807, 2.05) is 30.3 Å². The third-order valence-corrected chi connectivity index (χ3v) is 4.73. The molecule has 1 aromatic carbocycles. The van der Waals surface area contributed by atoms with E-state index >= 15 is 0 Å². The van der Waals surface area contributed by atoms with Gasteiger partial charge in [-0.2, -0.15) is 0 Å². The van der Waals surface area contributed by atoms with Crippen LogP contribution < -0.4 is 0 Å². The van der Waals surface area contributed by atoms with E-state index in [2.05, 4.69) is 29.1 Å². The number of rotatable bonds is 5. The topological polar surface area (TPSA) is 77.0 Å². The Morgan fingerprint density at radius 2 is 2.07 bits per heavy atom. The SMILES string of the molecule is CC(C)CCc1nc2c(o1)CCN(C(=O)c1cn(-c3ccccc3)nn1)C2. The summed E-state index contributed by atoms with van der Waals surface area (Å²) >= 11 is 0. The highest BCUT2D eigenvalue weighted by molar-refractivity contribution is 5.92. The number of benzene rings is 1. The van der Waals surface area contributed by atoms with Crippen molar-refractivity contribution < 1.29 is 9.21 Å². The van der Waals surface area contributed by atoms with Gasteiger partial charge >= 0.3 is 0 Å². The van der Waals surface area contributed by atoms with Gasteiger partial charge in [0, 0.05) is 19.4 Å². The van der Waals surface area contributed by atoms with Crippen LogP contribution >= 0.6 is 0 Å². The highest BCUT2D eigenvalue weighted by Gasteiger charge is 2.27. The molecule has 1 aliphatic heterocycles. The molecule has 140 valence electrons. The standard InChI is InChI=1S/C20H23N5O2/c1-14(2)8-9-19-21-16-12-24(11-10-18(16)27-19)20(26)17-13-25(23-22-17)15-6-4-3-5-7-15/h3-7,13-14H,8-12H2,1-2H3. The fraction of sp³-hybridized carbons (Fsp3) is 0.400. The number of carbonyl (C=O) groups is 1. The van der Waals surface area contributed by atoms with E-state index in [4.69, 9.17) is 4.42 Å². The Morgan fingerprint density at radius 1 is 1.26 bits per heavy atom. The second-order valence-electron chi connectivity index (χ2n) is 7.27. The molecule has 1 aliphatic rings. The molecule has 0 fully saturated rings. The molecule has 2 aromatic heterocycles. The van der Waals surface area contributed by atoms with Crippen molar-refractivity contribution in [2.24, 2.45) is 5.92 Å². The fourth-order valence-corrected chi connectivity index (χ4v) is 3.18. The van der Waals surface area contributed by atoms with E-state index in [9.17, 15) is 4.79 Å². The number of aryl methyl sites for hydroxylation is 1. The molecular weight excluding hydrogens is 342 g/mol. The number of fused-ring (bicyclic) bond motifs is 1. The molecule has 0 saturated heterocycles. The van der Waals surface area contributed by atoms with Gasteiger partial charge in [0.05, 0.1) is 18.4 Å². The van der Waals surface area contributed by atoms with E-state index in [1.54, 1.807) is 15.8 Å². The first kappa shape index (κ1) is 17.5. The summed E-state index contributed by atoms with van der Waals surface area (Å²) in [4.78, 5) is 19.2. The maximum atomic E-state index is 12.8. The lowest BCUT2D eigenvalue weighted by Crippen LogP contribution is -2.36. The summed E-state index contributed by atoms with van der Waals surface area (Å²) in [7, 11) is 0. The molecule has 3 aromatic rings. The van der Waals surface area contributed by atoms with E-state index in [0.717, 1.165) is 35.9 Å². The second kappa shape index (κ2) is 7.34. The first-order chi connectivity index (χ1) is 13.1. The van der Waals surface area contributed by atoms with Crippen LogP contribution in [0.1, 0.15) is 48.1 Å². The second-order valence-corrected chi connectivity index (χ2v) is 7.27. The molecule has 1 amide bonds. The minimum Gasteiger partial charge on any atom is -0.445 e. The average molecular weight is 365 g/mol. The van der Waals surface area contributed by atoms with Crippen molar-refractivity contribution in [2.45, 2.75) is 39.7 Å². The van der Waals surface area contributed by atoms with Crippen LogP contribution in [0.5, 0.6) is 0 Å². The Hall–Kier alpha value is -2.96. The molecule has 7 nitrogen and oxygen atoms in total. The first-order valence-electron chi connectivity index (χ1n) is 9.34. The van der Waals surface area contributed by atoms with Gasteiger partial charge in [0.15, 0.2) is 11.6 Å². The van der Waals surface area contributed by atoms with Crippen molar-refractivity contribution in [3.63, 3.8) is 0 Å². The number of para-hydroxylation sites is 1. The van der Waals surface area contributed by atoms with Gasteiger partial charge in [0.25, 0.3) is 5.91 Å². The van der Waals surface area contributed by atoms with E-state index < -0.39 is 0 Å². The molecule has 0 unspecified atom stereocenters. The third kappa shape index (κ3) is 3.77. The summed E-state index contributed by atoms with van der Waals surface area (Å²) in [6.07, 6.45) is 4.24. The van der Waals surface area contributed by atoms with Crippen LogP contribution in [0.15, 0.2) is 40.9 Å². The Morgan fingerprint density at radius 3 is 2.85 bits per heavy atom. The molecule has 7 heteroatoms. The van der Waals surface area contributed by atoms with E-state index in [0.29, 0.717) is 31.1 Å². The number of amides is 1. The number of hydrogen-bond donors (Lipinski definition) is 0. The summed E-state index contributed by atoms with van der Waals surface area (Å²) in [6.45, 7) is 5.43. The van der Waals surface area contributed by atoms with Crippen LogP contribution in [0, 0.1) is 5.92 Å². The lowest BCUT2D eigenvalue weighted by atomic mass is 10.1. The van der Waals surface area contributed by atoms with Crippen LogP contribution in [-0.4, -0.2) is 37.3 Å². The van der Waals surface area contributed by atoms with Crippen LogP contribution in [0.3, 0.4) is 0 Å². The normalized spacial score (nSPS) is 13.8. The molecule has 0 saturated carbocycles. The molecule has 27 heavy (non-hydrogen) atoms. The maximum Gasteiger partial charge on any atom is 0.276 e. The minimum absolute atomic E-state index is 0.130. The van der Waals surface area contributed by atoms with Crippen LogP contribution in [0.4, 0.5) is 0 Å². The number of hydrogen-bond acceptors (Lipinski definition) is 5. The number of nitrogens with zero attached hydrogens (tertiary/aromatic N) is 5. The summed E-state index contributed by atoms with van der Waals surface area (Å²) in [5, 5.41) is 8.13. The van der Waals surface area contributed by atoms with Gasteiger partial charge in [-0.15, -0.1) is 5.10 Å². The van der Waals surface area contributed by atoms with Crippen LogP contribution in [0.25, 0.3) is 5.69 Å². The molecule has 0 radical (unpaired) electrons. The molecule has 0 N–H and O–H groups in total. The number of aromatic nitrogens is 4. The Balaban J connectivity index is 1.46. The Labute approximate surface area is 158 Å². The summed E-state index contributed by atoms with van der Waals surface area (Å²) in [5.74, 6) is 2.16. The van der Waals surface area contributed by atoms with E-state index in [-0.39, 0.29) is 5.91 Å². The zero-order valence-corrected chi connectivity index (χ0v) is 15.6. The quantitative estimate of drug-likeness (QED) is 0.694. The van der Waals surface area contributed by atoms with Gasteiger partial charge in [-0.05, 0) is 24.5 Å². The lowest BCUT2D eigenvalue weighted by molar-refractivity contribution is 0.0722. The maximum absolute atomic E-state index is 12.8. The molecule has 0 bridgehead atoms. The fourth-order valence-electron chi connectivity index (χ4n) is 3.18. The summed E-state index contributed by atoms with van der Waals surface area (Å²) < 4.78 is 7.48. The highest BCUT2D eigenvalue weighted by Crippen LogP contribution is 2.22. The zero-order valence-electron chi connectivity index (χ0n) is 15.6. The minimum atomic E-state index is -0.130. The van der Waals surface area contributed by atoms with Gasteiger partial charge in [-0.3, -0.25) is 4.79 Å². The molecule has 4 rings (SSSR count). The van der Waals surface area contributed by atoms with Crippen LogP contribution in [-0.2, 0) is 19.4 Å². The Kier molecular flexibility index (Phi) is 4.75. The predicted molar refractivity (Wildman–Crippen MR) is 99.5 cm³/mol. The third-order valence-electron chi connectivity index (χ3n) is 4.73. The number of carbonyl (C=O) groups excluding carboxylic acids is 1. The summed E-state index contributed by atoms with van der Waals surface area (Å²) in [6, 6.07) is 9.62. The lowest BCUT2D eigenvalue weighted by Gasteiger charge is -2.24. The van der Waals surface area contributed by atoms with Crippen molar-refractivity contribution in [2.75, 3.05) is 6.54 Å². The van der Waals surface area contributed by atoms with Crippen molar-refractivity contribution in [3.8, 4) is 5.69 Å². The van der Waals surface area contributed by atoms with Gasteiger partial charge < -0.3 is 9.32 Å². The predicted octanol–water partition coefficient (Wildman–Crippen LogP) is 3.04. The molecule has 0 aliphatic carbocycles. The monoisotopic (exact) mass is 365 g/mol. The van der Waals surface area contributed by atoms with Crippen molar-refractivity contribution in [1.82, 2.24) is 24.9 Å². The highest BCUT2D eigenvalue weighted by atomic mass is 16.4. The molecule has 3 heterocycles. The van der Waals surface area contributed by atoms with Gasteiger partial charge in [-0.25, -0.2) is 9.67 Å². The van der Waals surface area contributed by atoms with E-state index in [1.165, 1.54) is 0 Å². The molecular formula is C20H23N5O2. The largest absolute Gasteiger partial charge is 0.445 e. The van der Waals surface area contributed by atoms with Gasteiger partial charge in [0.1, 0.15) is 11.5 Å². The molecule has 0 atom stereocenters. The Bertz CT molecular complexity index is 929. The van der Waals surface area contributed by atoms with Crippen molar-refractivity contribution >= 4 is 5.91 Å². The van der Waals surface area contributed by atoms with Gasteiger partial charge in [0.2, 0.25) is 0 Å². The van der Waals surface area contributed by atoms with Crippen LogP contribution in [0.2, 0.25) is 0 Å².